The molecule has 0 radical (unpaired) electrons. The molecule has 0 unspecified atom stereocenters. The fraction of sp³-hybridized carbons (Fsp3) is 0.300. The molecular formula is C20H20FN5O. The van der Waals surface area contributed by atoms with Crippen LogP contribution in [0.2, 0.25) is 0 Å². The van der Waals surface area contributed by atoms with Crippen molar-refractivity contribution in [3.63, 3.8) is 0 Å². The lowest BCUT2D eigenvalue weighted by atomic mass is 10.0. The van der Waals surface area contributed by atoms with Crippen LogP contribution in [0.25, 0.3) is 11.4 Å². The van der Waals surface area contributed by atoms with Gasteiger partial charge in [-0.3, -0.25) is 4.79 Å². The maximum atomic E-state index is 13.1. The van der Waals surface area contributed by atoms with Gasteiger partial charge in [-0.25, -0.2) is 4.39 Å². The number of carbonyl (C=O) groups excluding carboxylic acids is 1. The van der Waals surface area contributed by atoms with E-state index in [1.165, 1.54) is 24.3 Å². The van der Waals surface area contributed by atoms with Gasteiger partial charge in [-0.15, -0.1) is 10.2 Å². The molecule has 27 heavy (non-hydrogen) atoms. The summed E-state index contributed by atoms with van der Waals surface area (Å²) in [5, 5.41) is 12.9. The van der Waals surface area contributed by atoms with Crippen molar-refractivity contribution in [2.45, 2.75) is 25.8 Å². The van der Waals surface area contributed by atoms with Gasteiger partial charge < -0.3 is 4.90 Å². The van der Waals surface area contributed by atoms with Crippen molar-refractivity contribution in [2.24, 2.45) is 0 Å². The second kappa shape index (κ2) is 7.26. The molecule has 6 nitrogen and oxygen atoms in total. The van der Waals surface area contributed by atoms with E-state index in [1.807, 2.05) is 31.2 Å². The van der Waals surface area contributed by atoms with Crippen LogP contribution >= 0.6 is 0 Å². The molecule has 1 aliphatic heterocycles. The summed E-state index contributed by atoms with van der Waals surface area (Å²) in [5.41, 5.74) is 2.55. The van der Waals surface area contributed by atoms with Gasteiger partial charge in [0.2, 0.25) is 5.82 Å². The van der Waals surface area contributed by atoms with Gasteiger partial charge in [-0.05, 0) is 55.3 Å². The third-order valence-corrected chi connectivity index (χ3v) is 4.81. The van der Waals surface area contributed by atoms with E-state index in [0.717, 1.165) is 24.0 Å². The molecule has 3 aromatic rings. The molecule has 1 aromatic heterocycles. The standard InChI is InChI=1S/C20H20FN5O/c1-14-4-2-5-16(12-14)19-22-24-26(23-19)18-6-3-11-25(13-18)20(27)15-7-9-17(21)10-8-15/h2,4-5,7-10,12,18H,3,6,11,13H2,1H3/t18-/m0/s1. The van der Waals surface area contributed by atoms with E-state index in [1.54, 1.807) is 9.70 Å². The lowest BCUT2D eigenvalue weighted by Gasteiger charge is -2.31. The van der Waals surface area contributed by atoms with Crippen molar-refractivity contribution in [3.05, 3.63) is 65.5 Å². The summed E-state index contributed by atoms with van der Waals surface area (Å²) in [5.74, 6) is 0.137. The molecule has 0 aliphatic carbocycles. The largest absolute Gasteiger partial charge is 0.336 e. The summed E-state index contributed by atoms with van der Waals surface area (Å²) in [6.45, 7) is 3.21. The lowest BCUT2D eigenvalue weighted by Crippen LogP contribution is -2.41. The zero-order chi connectivity index (χ0) is 18.8. The summed E-state index contributed by atoms with van der Waals surface area (Å²) in [6.07, 6.45) is 1.75. The van der Waals surface area contributed by atoms with E-state index >= 15 is 0 Å². The van der Waals surface area contributed by atoms with Crippen LogP contribution in [0.15, 0.2) is 48.5 Å². The molecule has 1 amide bonds. The number of carbonyl (C=O) groups is 1. The van der Waals surface area contributed by atoms with Crippen molar-refractivity contribution >= 4 is 5.91 Å². The zero-order valence-electron chi connectivity index (χ0n) is 15.0. The van der Waals surface area contributed by atoms with E-state index in [-0.39, 0.29) is 17.8 Å². The first kappa shape index (κ1) is 17.3. The predicted octanol–water partition coefficient (Wildman–Crippen LogP) is 3.26. The quantitative estimate of drug-likeness (QED) is 0.715. The van der Waals surface area contributed by atoms with Crippen LogP contribution in [0.1, 0.15) is 34.8 Å². The first-order valence-electron chi connectivity index (χ1n) is 9.01. The molecule has 0 saturated carbocycles. The molecule has 1 atom stereocenters. The predicted molar refractivity (Wildman–Crippen MR) is 98.6 cm³/mol. The summed E-state index contributed by atoms with van der Waals surface area (Å²) in [6, 6.07) is 13.6. The molecule has 1 saturated heterocycles. The first-order valence-corrected chi connectivity index (χ1v) is 9.01. The molecule has 1 fully saturated rings. The van der Waals surface area contributed by atoms with Gasteiger partial charge in [-0.1, -0.05) is 23.8 Å². The zero-order valence-corrected chi connectivity index (χ0v) is 15.0. The number of piperidine rings is 1. The van der Waals surface area contributed by atoms with Crippen molar-refractivity contribution < 1.29 is 9.18 Å². The molecule has 7 heteroatoms. The number of amides is 1. The summed E-state index contributed by atoms with van der Waals surface area (Å²) < 4.78 is 13.1. The molecule has 4 rings (SSSR count). The van der Waals surface area contributed by atoms with E-state index in [9.17, 15) is 9.18 Å². The van der Waals surface area contributed by atoms with Crippen LogP contribution < -0.4 is 0 Å². The number of benzene rings is 2. The minimum atomic E-state index is -0.349. The van der Waals surface area contributed by atoms with Gasteiger partial charge >= 0.3 is 0 Å². The topological polar surface area (TPSA) is 63.9 Å². The van der Waals surface area contributed by atoms with E-state index in [0.29, 0.717) is 24.5 Å². The van der Waals surface area contributed by atoms with E-state index in [4.69, 9.17) is 0 Å². The number of likely N-dealkylation sites (tertiary alicyclic amines) is 1. The van der Waals surface area contributed by atoms with Crippen molar-refractivity contribution in [1.82, 2.24) is 25.1 Å². The van der Waals surface area contributed by atoms with Gasteiger partial charge in [0.25, 0.3) is 5.91 Å². The Balaban J connectivity index is 1.50. The van der Waals surface area contributed by atoms with Crippen LogP contribution in [0.4, 0.5) is 4.39 Å². The van der Waals surface area contributed by atoms with Gasteiger partial charge in [0.05, 0.1) is 6.04 Å². The molecule has 2 aromatic carbocycles. The lowest BCUT2D eigenvalue weighted by molar-refractivity contribution is 0.0663. The Morgan fingerprint density at radius 2 is 2.00 bits per heavy atom. The van der Waals surface area contributed by atoms with Crippen molar-refractivity contribution in [1.29, 1.82) is 0 Å². The highest BCUT2D eigenvalue weighted by Crippen LogP contribution is 2.23. The summed E-state index contributed by atoms with van der Waals surface area (Å²) in [7, 11) is 0. The average Bonchev–Trinajstić information content (AvgIpc) is 3.18. The molecular weight excluding hydrogens is 345 g/mol. The van der Waals surface area contributed by atoms with Crippen LogP contribution in [-0.4, -0.2) is 44.1 Å². The number of aromatic nitrogens is 4. The number of hydrogen-bond donors (Lipinski definition) is 0. The maximum Gasteiger partial charge on any atom is 0.253 e. The summed E-state index contributed by atoms with van der Waals surface area (Å²) in [4.78, 5) is 16.1. The fourth-order valence-corrected chi connectivity index (χ4v) is 3.38. The van der Waals surface area contributed by atoms with E-state index < -0.39 is 0 Å². The molecule has 138 valence electrons. The second-order valence-electron chi connectivity index (χ2n) is 6.86. The first-order chi connectivity index (χ1) is 13.1. The minimum absolute atomic E-state index is 0.0193. The Bertz CT molecular complexity index is 953. The third kappa shape index (κ3) is 3.72. The molecule has 2 heterocycles. The second-order valence-corrected chi connectivity index (χ2v) is 6.86. The highest BCUT2D eigenvalue weighted by molar-refractivity contribution is 5.94. The van der Waals surface area contributed by atoms with Gasteiger partial charge in [-0.2, -0.15) is 4.80 Å². The Hall–Kier alpha value is -3.09. The number of rotatable bonds is 3. The van der Waals surface area contributed by atoms with Crippen LogP contribution in [0.5, 0.6) is 0 Å². The average molecular weight is 365 g/mol. The van der Waals surface area contributed by atoms with Gasteiger partial charge in [0, 0.05) is 24.2 Å². The molecule has 0 bridgehead atoms. The van der Waals surface area contributed by atoms with Crippen LogP contribution in [-0.2, 0) is 0 Å². The Labute approximate surface area is 156 Å². The van der Waals surface area contributed by atoms with Crippen LogP contribution in [0, 0.1) is 12.7 Å². The fourth-order valence-electron chi connectivity index (χ4n) is 3.38. The number of halogens is 1. The third-order valence-electron chi connectivity index (χ3n) is 4.81. The van der Waals surface area contributed by atoms with Crippen molar-refractivity contribution in [2.75, 3.05) is 13.1 Å². The van der Waals surface area contributed by atoms with E-state index in [2.05, 4.69) is 15.4 Å². The highest BCUT2D eigenvalue weighted by atomic mass is 19.1. The molecule has 0 N–H and O–H groups in total. The molecule has 0 spiro atoms. The number of tetrazole rings is 1. The monoisotopic (exact) mass is 365 g/mol. The summed E-state index contributed by atoms with van der Waals surface area (Å²) >= 11 is 0. The van der Waals surface area contributed by atoms with Crippen molar-refractivity contribution in [3.8, 4) is 11.4 Å². The Kier molecular flexibility index (Phi) is 4.66. The highest BCUT2D eigenvalue weighted by Gasteiger charge is 2.27. The SMILES string of the molecule is Cc1cccc(-c2nnn([C@H]3CCCN(C(=O)c4ccc(F)cc4)C3)n2)c1. The van der Waals surface area contributed by atoms with Gasteiger partial charge in [0.15, 0.2) is 0 Å². The number of hydrogen-bond acceptors (Lipinski definition) is 4. The normalized spacial score (nSPS) is 17.1. The number of aryl methyl sites for hydroxylation is 1. The molecule has 1 aliphatic rings. The minimum Gasteiger partial charge on any atom is -0.336 e. The van der Waals surface area contributed by atoms with Crippen LogP contribution in [0.3, 0.4) is 0 Å². The number of nitrogens with zero attached hydrogens (tertiary/aromatic N) is 5. The Morgan fingerprint density at radius 3 is 2.78 bits per heavy atom. The van der Waals surface area contributed by atoms with Gasteiger partial charge in [0.1, 0.15) is 5.82 Å². The Morgan fingerprint density at radius 1 is 1.19 bits per heavy atom. The maximum absolute atomic E-state index is 13.1. The smallest absolute Gasteiger partial charge is 0.253 e.